The summed E-state index contributed by atoms with van der Waals surface area (Å²) in [5, 5.41) is 9.42. The molecule has 0 bridgehead atoms. The van der Waals surface area contributed by atoms with E-state index < -0.39 is 6.10 Å². The fourth-order valence-corrected chi connectivity index (χ4v) is 4.67. The largest absolute Gasteiger partial charge is 0.462 e. The number of carbonyl (C=O) groups excluding carboxylic acids is 2. The third-order valence-corrected chi connectivity index (χ3v) is 7.15. The van der Waals surface area contributed by atoms with Crippen LogP contribution in [0.15, 0.2) is 0 Å². The molecule has 0 aromatic heterocycles. The number of esters is 2. The summed E-state index contributed by atoms with van der Waals surface area (Å²) in [5.74, 6) is -0.597. The first-order valence-electron chi connectivity index (χ1n) is 16.1. The molecule has 0 saturated carbocycles. The summed E-state index contributed by atoms with van der Waals surface area (Å²) >= 11 is 0. The third kappa shape index (κ3) is 27.7. The third-order valence-electron chi connectivity index (χ3n) is 7.15. The molecule has 0 aliphatic heterocycles. The first-order chi connectivity index (χ1) is 18.1. The summed E-state index contributed by atoms with van der Waals surface area (Å²) in [7, 11) is 0. The van der Waals surface area contributed by atoms with Gasteiger partial charge in [-0.15, -0.1) is 0 Å². The number of aliphatic hydroxyl groups is 1. The Morgan fingerprint density at radius 2 is 0.838 bits per heavy atom. The van der Waals surface area contributed by atoms with Crippen molar-refractivity contribution in [2.24, 2.45) is 0 Å². The topological polar surface area (TPSA) is 72.8 Å². The van der Waals surface area contributed by atoms with E-state index in [1.165, 1.54) is 109 Å². The molecule has 5 heteroatoms. The number of carbonyl (C=O) groups is 2. The maximum atomic E-state index is 12.0. The highest BCUT2D eigenvalue weighted by atomic mass is 16.6. The molecule has 0 spiro atoms. The molecular formula is C32H62O5. The van der Waals surface area contributed by atoms with Gasteiger partial charge >= 0.3 is 11.9 Å². The summed E-state index contributed by atoms with van der Waals surface area (Å²) in [5.41, 5.74) is 0. The van der Waals surface area contributed by atoms with Gasteiger partial charge in [0.25, 0.3) is 0 Å². The van der Waals surface area contributed by atoms with Crippen molar-refractivity contribution in [3.8, 4) is 0 Å². The van der Waals surface area contributed by atoms with E-state index >= 15 is 0 Å². The standard InChI is InChI=1S/C32H62O5/c1-3-5-7-9-10-11-12-13-14-15-16-17-18-19-20-21-23-25-27-32(35)37-30(28-33)29-36-31(34)26-24-22-8-6-4-2/h30,33H,3-29H2,1-2H3/t30-/m0/s1. The van der Waals surface area contributed by atoms with E-state index in [1.807, 2.05) is 0 Å². The van der Waals surface area contributed by atoms with Crippen LogP contribution in [0.4, 0.5) is 0 Å². The molecule has 0 heterocycles. The van der Waals surface area contributed by atoms with E-state index in [0.717, 1.165) is 38.5 Å². The minimum atomic E-state index is -0.757. The SMILES string of the molecule is CCCCCCCCCCCCCCCCCCCCC(=O)O[C@@H](CO)COC(=O)CCCCCCC. The second-order valence-electron chi connectivity index (χ2n) is 10.9. The predicted molar refractivity (Wildman–Crippen MR) is 155 cm³/mol. The number of hydrogen-bond acceptors (Lipinski definition) is 5. The minimum Gasteiger partial charge on any atom is -0.462 e. The van der Waals surface area contributed by atoms with Crippen LogP contribution in [0.5, 0.6) is 0 Å². The highest BCUT2D eigenvalue weighted by Gasteiger charge is 2.16. The Bertz CT molecular complexity index is 494. The van der Waals surface area contributed by atoms with E-state index in [-0.39, 0.29) is 25.2 Å². The fraction of sp³-hybridized carbons (Fsp3) is 0.938. The number of ether oxygens (including phenoxy) is 2. The average Bonchev–Trinajstić information content (AvgIpc) is 2.90. The number of aliphatic hydroxyl groups excluding tert-OH is 1. The number of hydrogen-bond donors (Lipinski definition) is 1. The van der Waals surface area contributed by atoms with E-state index in [4.69, 9.17) is 9.47 Å². The molecule has 0 aromatic carbocycles. The molecular weight excluding hydrogens is 464 g/mol. The average molecular weight is 527 g/mol. The van der Waals surface area contributed by atoms with Gasteiger partial charge in [0.05, 0.1) is 6.61 Å². The van der Waals surface area contributed by atoms with Gasteiger partial charge in [-0.3, -0.25) is 9.59 Å². The van der Waals surface area contributed by atoms with E-state index in [0.29, 0.717) is 12.8 Å². The van der Waals surface area contributed by atoms with E-state index in [2.05, 4.69) is 13.8 Å². The Hall–Kier alpha value is -1.10. The van der Waals surface area contributed by atoms with Crippen LogP contribution >= 0.6 is 0 Å². The van der Waals surface area contributed by atoms with Crippen molar-refractivity contribution in [1.82, 2.24) is 0 Å². The quantitative estimate of drug-likeness (QED) is 0.0776. The van der Waals surface area contributed by atoms with Gasteiger partial charge in [0.15, 0.2) is 6.10 Å². The van der Waals surface area contributed by atoms with E-state index in [9.17, 15) is 14.7 Å². The Morgan fingerprint density at radius 1 is 0.514 bits per heavy atom. The molecule has 0 radical (unpaired) electrons. The van der Waals surface area contributed by atoms with Crippen LogP contribution in [0, 0.1) is 0 Å². The molecule has 1 N–H and O–H groups in total. The first kappa shape index (κ1) is 35.9. The molecule has 0 unspecified atom stereocenters. The molecule has 0 saturated heterocycles. The Morgan fingerprint density at radius 3 is 1.19 bits per heavy atom. The van der Waals surface area contributed by atoms with Crippen molar-refractivity contribution in [2.45, 2.75) is 180 Å². The van der Waals surface area contributed by atoms with Crippen LogP contribution in [0.1, 0.15) is 174 Å². The van der Waals surface area contributed by atoms with Gasteiger partial charge in [-0.2, -0.15) is 0 Å². The molecule has 1 atom stereocenters. The van der Waals surface area contributed by atoms with Gasteiger partial charge in [-0.25, -0.2) is 0 Å². The molecule has 0 aromatic rings. The lowest BCUT2D eigenvalue weighted by Crippen LogP contribution is -2.28. The molecule has 37 heavy (non-hydrogen) atoms. The second-order valence-corrected chi connectivity index (χ2v) is 10.9. The zero-order valence-corrected chi connectivity index (χ0v) is 24.7. The lowest BCUT2D eigenvalue weighted by Gasteiger charge is -2.15. The monoisotopic (exact) mass is 526 g/mol. The predicted octanol–water partition coefficient (Wildman–Crippen LogP) is 9.23. The van der Waals surface area contributed by atoms with Crippen molar-refractivity contribution >= 4 is 11.9 Å². The molecule has 0 aliphatic carbocycles. The lowest BCUT2D eigenvalue weighted by molar-refractivity contribution is -0.161. The maximum Gasteiger partial charge on any atom is 0.306 e. The zero-order chi connectivity index (χ0) is 27.2. The number of unbranched alkanes of at least 4 members (excludes halogenated alkanes) is 21. The highest BCUT2D eigenvalue weighted by Crippen LogP contribution is 2.15. The van der Waals surface area contributed by atoms with Gasteiger partial charge in [0.1, 0.15) is 6.61 Å². The summed E-state index contributed by atoms with van der Waals surface area (Å²) in [6.07, 6.45) is 29.0. The van der Waals surface area contributed by atoms with Crippen LogP contribution in [0.25, 0.3) is 0 Å². The summed E-state index contributed by atoms with van der Waals surface area (Å²) in [6, 6.07) is 0. The van der Waals surface area contributed by atoms with Crippen LogP contribution in [-0.4, -0.2) is 36.4 Å². The van der Waals surface area contributed by atoms with Crippen LogP contribution in [0.2, 0.25) is 0 Å². The smallest absolute Gasteiger partial charge is 0.306 e. The highest BCUT2D eigenvalue weighted by molar-refractivity contribution is 5.70. The van der Waals surface area contributed by atoms with Crippen LogP contribution in [0.3, 0.4) is 0 Å². The second kappa shape index (κ2) is 29.5. The van der Waals surface area contributed by atoms with Gasteiger partial charge < -0.3 is 14.6 Å². The Kier molecular flexibility index (Phi) is 28.6. The van der Waals surface area contributed by atoms with Gasteiger partial charge in [0, 0.05) is 12.8 Å². The van der Waals surface area contributed by atoms with Gasteiger partial charge in [-0.1, -0.05) is 149 Å². The van der Waals surface area contributed by atoms with E-state index in [1.54, 1.807) is 0 Å². The van der Waals surface area contributed by atoms with Crippen molar-refractivity contribution in [3.05, 3.63) is 0 Å². The fourth-order valence-electron chi connectivity index (χ4n) is 4.67. The summed E-state index contributed by atoms with van der Waals surface area (Å²) in [6.45, 7) is 4.05. The molecule has 0 rings (SSSR count). The Balaban J connectivity index is 3.45. The zero-order valence-electron chi connectivity index (χ0n) is 24.7. The molecule has 5 nitrogen and oxygen atoms in total. The molecule has 0 amide bonds. The van der Waals surface area contributed by atoms with Crippen LogP contribution in [-0.2, 0) is 19.1 Å². The van der Waals surface area contributed by atoms with Gasteiger partial charge in [0.2, 0.25) is 0 Å². The summed E-state index contributed by atoms with van der Waals surface area (Å²) < 4.78 is 10.4. The molecule has 220 valence electrons. The van der Waals surface area contributed by atoms with Gasteiger partial charge in [-0.05, 0) is 12.8 Å². The minimum absolute atomic E-state index is 0.0604. The maximum absolute atomic E-state index is 12.0. The van der Waals surface area contributed by atoms with Crippen molar-refractivity contribution in [2.75, 3.05) is 13.2 Å². The van der Waals surface area contributed by atoms with Crippen LogP contribution < -0.4 is 0 Å². The Labute approximate surface area is 229 Å². The van der Waals surface area contributed by atoms with Crippen molar-refractivity contribution in [1.29, 1.82) is 0 Å². The van der Waals surface area contributed by atoms with Crippen molar-refractivity contribution < 1.29 is 24.2 Å². The molecule has 0 fully saturated rings. The lowest BCUT2D eigenvalue weighted by atomic mass is 10.0. The summed E-state index contributed by atoms with van der Waals surface area (Å²) in [4.78, 5) is 23.8. The normalized spacial score (nSPS) is 12.0. The van der Waals surface area contributed by atoms with Crippen molar-refractivity contribution in [3.63, 3.8) is 0 Å². The molecule has 0 aliphatic rings. The number of rotatable bonds is 29. The first-order valence-corrected chi connectivity index (χ1v) is 16.1.